The van der Waals surface area contributed by atoms with Gasteiger partial charge in [-0.2, -0.15) is 0 Å². The van der Waals surface area contributed by atoms with Crippen molar-refractivity contribution in [2.24, 2.45) is 5.92 Å². The van der Waals surface area contributed by atoms with Gasteiger partial charge < -0.3 is 10.1 Å². The molecule has 1 N–H and O–H groups in total. The van der Waals surface area contributed by atoms with Gasteiger partial charge in [0, 0.05) is 12.5 Å². The lowest BCUT2D eigenvalue weighted by atomic mass is 10.1. The van der Waals surface area contributed by atoms with Gasteiger partial charge in [-0.25, -0.2) is 0 Å². The van der Waals surface area contributed by atoms with Crippen LogP contribution in [0.3, 0.4) is 0 Å². The van der Waals surface area contributed by atoms with Crippen LogP contribution in [0.2, 0.25) is 0 Å². The Labute approximate surface area is 72.5 Å². The maximum absolute atomic E-state index is 11.3. The Morgan fingerprint density at radius 3 is 2.67 bits per heavy atom. The minimum absolute atomic E-state index is 0.202. The minimum atomic E-state index is 0.202. The van der Waals surface area contributed by atoms with Gasteiger partial charge in [0.2, 0.25) is 5.91 Å². The fraction of sp³-hybridized carbons (Fsp3) is 0.889. The molecule has 1 heterocycles. The standard InChI is InChI=1S/C9H15NO2/c1-6-8(4-5-12-6)10-9(11)7-2-3-7/h6-8H,2-5H2,1H3,(H,10,11). The number of carbonyl (C=O) groups excluding carboxylic acids is 1. The molecule has 3 nitrogen and oxygen atoms in total. The Bertz CT molecular complexity index is 189. The summed E-state index contributed by atoms with van der Waals surface area (Å²) in [6, 6.07) is 0.262. The molecule has 12 heavy (non-hydrogen) atoms. The summed E-state index contributed by atoms with van der Waals surface area (Å²) in [4.78, 5) is 11.3. The van der Waals surface area contributed by atoms with Gasteiger partial charge in [-0.1, -0.05) is 0 Å². The summed E-state index contributed by atoms with van der Waals surface area (Å²) >= 11 is 0. The summed E-state index contributed by atoms with van der Waals surface area (Å²) in [6.07, 6.45) is 3.33. The van der Waals surface area contributed by atoms with Crippen molar-refractivity contribution in [3.05, 3.63) is 0 Å². The number of hydrogen-bond acceptors (Lipinski definition) is 2. The first-order valence-electron chi connectivity index (χ1n) is 4.69. The molecule has 2 atom stereocenters. The van der Waals surface area contributed by atoms with Crippen LogP contribution in [0.5, 0.6) is 0 Å². The third kappa shape index (κ3) is 1.61. The average Bonchev–Trinajstić information content (AvgIpc) is 2.80. The normalized spacial score (nSPS) is 35.1. The Kier molecular flexibility index (Phi) is 2.05. The summed E-state index contributed by atoms with van der Waals surface area (Å²) in [5.74, 6) is 0.551. The lowest BCUT2D eigenvalue weighted by Crippen LogP contribution is -2.39. The number of amides is 1. The van der Waals surface area contributed by atoms with Crippen LogP contribution in [-0.4, -0.2) is 24.7 Å². The SMILES string of the molecule is CC1OCCC1NC(=O)C1CC1. The van der Waals surface area contributed by atoms with Gasteiger partial charge in [-0.3, -0.25) is 4.79 Å². The molecule has 1 saturated carbocycles. The van der Waals surface area contributed by atoms with Gasteiger partial charge in [0.05, 0.1) is 12.1 Å². The number of rotatable bonds is 2. The highest BCUT2D eigenvalue weighted by atomic mass is 16.5. The van der Waals surface area contributed by atoms with Gasteiger partial charge in [-0.05, 0) is 26.2 Å². The third-order valence-electron chi connectivity index (χ3n) is 2.65. The lowest BCUT2D eigenvalue weighted by molar-refractivity contribution is -0.123. The molecule has 0 aromatic heterocycles. The van der Waals surface area contributed by atoms with E-state index in [2.05, 4.69) is 5.32 Å². The Morgan fingerprint density at radius 2 is 2.17 bits per heavy atom. The summed E-state index contributed by atoms with van der Waals surface area (Å²) in [5.41, 5.74) is 0. The van der Waals surface area contributed by atoms with Crippen molar-refractivity contribution in [2.45, 2.75) is 38.3 Å². The summed E-state index contributed by atoms with van der Waals surface area (Å²) in [7, 11) is 0. The van der Waals surface area contributed by atoms with E-state index in [-0.39, 0.29) is 18.1 Å². The van der Waals surface area contributed by atoms with E-state index < -0.39 is 0 Å². The van der Waals surface area contributed by atoms with Crippen LogP contribution in [0.1, 0.15) is 26.2 Å². The minimum Gasteiger partial charge on any atom is -0.376 e. The molecule has 0 aromatic rings. The van der Waals surface area contributed by atoms with E-state index in [0.717, 1.165) is 25.9 Å². The fourth-order valence-corrected chi connectivity index (χ4v) is 1.57. The second-order valence-corrected chi connectivity index (χ2v) is 3.75. The van der Waals surface area contributed by atoms with E-state index in [1.54, 1.807) is 0 Å². The monoisotopic (exact) mass is 169 g/mol. The number of carbonyl (C=O) groups is 1. The molecular formula is C9H15NO2. The smallest absolute Gasteiger partial charge is 0.223 e. The van der Waals surface area contributed by atoms with Crippen LogP contribution in [0.15, 0.2) is 0 Å². The summed E-state index contributed by atoms with van der Waals surface area (Å²) in [5, 5.41) is 3.03. The zero-order chi connectivity index (χ0) is 8.55. The maximum Gasteiger partial charge on any atom is 0.223 e. The van der Waals surface area contributed by atoms with Gasteiger partial charge >= 0.3 is 0 Å². The molecule has 1 aliphatic carbocycles. The largest absolute Gasteiger partial charge is 0.376 e. The molecule has 0 radical (unpaired) electrons. The van der Waals surface area contributed by atoms with Crippen molar-refractivity contribution >= 4 is 5.91 Å². The van der Waals surface area contributed by atoms with Crippen LogP contribution in [0.25, 0.3) is 0 Å². The van der Waals surface area contributed by atoms with E-state index in [4.69, 9.17) is 4.74 Å². The van der Waals surface area contributed by atoms with Crippen LogP contribution < -0.4 is 5.32 Å². The Hall–Kier alpha value is -0.570. The van der Waals surface area contributed by atoms with Crippen molar-refractivity contribution < 1.29 is 9.53 Å². The molecule has 2 unspecified atom stereocenters. The van der Waals surface area contributed by atoms with Crippen LogP contribution in [-0.2, 0) is 9.53 Å². The predicted octanol–water partition coefficient (Wildman–Crippen LogP) is 0.690. The van der Waals surface area contributed by atoms with Crippen molar-refractivity contribution in [3.63, 3.8) is 0 Å². The molecule has 0 aromatic carbocycles. The van der Waals surface area contributed by atoms with Crippen molar-refractivity contribution in [1.29, 1.82) is 0 Å². The van der Waals surface area contributed by atoms with E-state index in [1.165, 1.54) is 0 Å². The van der Waals surface area contributed by atoms with Crippen LogP contribution in [0, 0.1) is 5.92 Å². The topological polar surface area (TPSA) is 38.3 Å². The first-order chi connectivity index (χ1) is 5.77. The zero-order valence-electron chi connectivity index (χ0n) is 7.38. The zero-order valence-corrected chi connectivity index (χ0v) is 7.38. The number of nitrogens with one attached hydrogen (secondary N) is 1. The van der Waals surface area contributed by atoms with Gasteiger partial charge in [-0.15, -0.1) is 0 Å². The lowest BCUT2D eigenvalue weighted by Gasteiger charge is -2.15. The molecule has 1 saturated heterocycles. The van der Waals surface area contributed by atoms with Crippen LogP contribution in [0.4, 0.5) is 0 Å². The third-order valence-corrected chi connectivity index (χ3v) is 2.65. The highest BCUT2D eigenvalue weighted by Gasteiger charge is 2.33. The van der Waals surface area contributed by atoms with E-state index >= 15 is 0 Å². The maximum atomic E-state index is 11.3. The molecule has 3 heteroatoms. The highest BCUT2D eigenvalue weighted by molar-refractivity contribution is 5.81. The predicted molar refractivity (Wildman–Crippen MR) is 44.7 cm³/mol. The molecule has 0 spiro atoms. The van der Waals surface area contributed by atoms with Crippen molar-refractivity contribution in [2.75, 3.05) is 6.61 Å². The molecule has 0 bridgehead atoms. The molecule has 68 valence electrons. The fourth-order valence-electron chi connectivity index (χ4n) is 1.57. The van der Waals surface area contributed by atoms with Crippen LogP contribution >= 0.6 is 0 Å². The molecule has 2 rings (SSSR count). The van der Waals surface area contributed by atoms with Gasteiger partial charge in [0.1, 0.15) is 0 Å². The van der Waals surface area contributed by atoms with Gasteiger partial charge in [0.25, 0.3) is 0 Å². The molecule has 2 fully saturated rings. The molecule has 2 aliphatic rings. The number of ether oxygens (including phenoxy) is 1. The average molecular weight is 169 g/mol. The Balaban J connectivity index is 1.80. The number of hydrogen-bond donors (Lipinski definition) is 1. The van der Waals surface area contributed by atoms with E-state index in [1.807, 2.05) is 6.92 Å². The Morgan fingerprint density at radius 1 is 1.42 bits per heavy atom. The molecular weight excluding hydrogens is 154 g/mol. The summed E-state index contributed by atoms with van der Waals surface area (Å²) in [6.45, 7) is 2.81. The van der Waals surface area contributed by atoms with Crippen molar-refractivity contribution in [1.82, 2.24) is 5.32 Å². The van der Waals surface area contributed by atoms with Crippen molar-refractivity contribution in [3.8, 4) is 0 Å². The highest BCUT2D eigenvalue weighted by Crippen LogP contribution is 2.29. The second-order valence-electron chi connectivity index (χ2n) is 3.75. The first kappa shape index (κ1) is 8.05. The quantitative estimate of drug-likeness (QED) is 0.660. The summed E-state index contributed by atoms with van der Waals surface area (Å²) < 4.78 is 5.35. The van der Waals surface area contributed by atoms with Gasteiger partial charge in [0.15, 0.2) is 0 Å². The first-order valence-corrected chi connectivity index (χ1v) is 4.69. The van der Waals surface area contributed by atoms with E-state index in [9.17, 15) is 4.79 Å². The second kappa shape index (κ2) is 3.05. The molecule has 1 amide bonds. The van der Waals surface area contributed by atoms with E-state index in [0.29, 0.717) is 5.92 Å². The molecule has 1 aliphatic heterocycles.